The van der Waals surface area contributed by atoms with Gasteiger partial charge in [0.15, 0.2) is 0 Å². The van der Waals surface area contributed by atoms with E-state index in [1.165, 1.54) is 4.31 Å². The summed E-state index contributed by atoms with van der Waals surface area (Å²) in [5.41, 5.74) is 1.15. The zero-order chi connectivity index (χ0) is 13.8. The normalized spacial score (nSPS) is 12.3. The van der Waals surface area contributed by atoms with Gasteiger partial charge in [-0.05, 0) is 13.5 Å². The number of aromatic nitrogens is 2. The summed E-state index contributed by atoms with van der Waals surface area (Å²) in [7, 11) is -3.45. The van der Waals surface area contributed by atoms with Crippen LogP contribution in [0, 0.1) is 6.92 Å². The van der Waals surface area contributed by atoms with E-state index >= 15 is 0 Å². The van der Waals surface area contributed by atoms with Crippen LogP contribution in [0.5, 0.6) is 0 Å². The highest BCUT2D eigenvalue weighted by molar-refractivity contribution is 7.89. The molecule has 0 atom stereocenters. The van der Waals surface area contributed by atoms with Crippen molar-refractivity contribution in [1.82, 2.24) is 19.8 Å². The number of hydrogen-bond acceptors (Lipinski definition) is 4. The summed E-state index contributed by atoms with van der Waals surface area (Å²) in [4.78, 5) is 0.312. The van der Waals surface area contributed by atoms with Gasteiger partial charge in [0.05, 0.1) is 11.4 Å². The Kier molecular flexibility index (Phi) is 5.30. The topological polar surface area (TPSA) is 78.1 Å². The molecule has 0 saturated carbocycles. The highest BCUT2D eigenvalue weighted by atomic mass is 32.2. The Morgan fingerprint density at radius 3 is 2.39 bits per heavy atom. The lowest BCUT2D eigenvalue weighted by atomic mass is 10.3. The molecule has 104 valence electrons. The van der Waals surface area contributed by atoms with Gasteiger partial charge in [0.25, 0.3) is 0 Å². The first-order chi connectivity index (χ1) is 8.48. The van der Waals surface area contributed by atoms with E-state index in [0.29, 0.717) is 35.9 Å². The molecular formula is C11H22N4O2S. The van der Waals surface area contributed by atoms with Crippen LogP contribution < -0.4 is 5.32 Å². The number of nitrogens with zero attached hydrogens (tertiary/aromatic N) is 2. The quantitative estimate of drug-likeness (QED) is 0.773. The fourth-order valence-corrected chi connectivity index (χ4v) is 3.65. The van der Waals surface area contributed by atoms with E-state index in [0.717, 1.165) is 6.54 Å². The van der Waals surface area contributed by atoms with Gasteiger partial charge in [-0.15, -0.1) is 0 Å². The Morgan fingerprint density at radius 2 is 1.89 bits per heavy atom. The van der Waals surface area contributed by atoms with Crippen LogP contribution in [0.4, 0.5) is 0 Å². The van der Waals surface area contributed by atoms with Gasteiger partial charge in [0, 0.05) is 19.6 Å². The van der Waals surface area contributed by atoms with Crippen molar-refractivity contribution in [3.8, 4) is 0 Å². The second-order valence-electron chi connectivity index (χ2n) is 3.99. The largest absolute Gasteiger partial charge is 0.311 e. The molecular weight excluding hydrogens is 252 g/mol. The number of H-pyrrole nitrogens is 1. The predicted molar refractivity (Wildman–Crippen MR) is 70.8 cm³/mol. The summed E-state index contributed by atoms with van der Waals surface area (Å²) in [6, 6.07) is 0. The number of aryl methyl sites for hydroxylation is 1. The molecule has 0 aliphatic rings. The van der Waals surface area contributed by atoms with Crippen molar-refractivity contribution >= 4 is 10.0 Å². The molecule has 1 aromatic heterocycles. The van der Waals surface area contributed by atoms with E-state index in [4.69, 9.17) is 0 Å². The molecule has 0 aliphatic carbocycles. The molecule has 18 heavy (non-hydrogen) atoms. The molecule has 0 saturated heterocycles. The highest BCUT2D eigenvalue weighted by Crippen LogP contribution is 2.21. The van der Waals surface area contributed by atoms with Gasteiger partial charge in [-0.1, -0.05) is 20.8 Å². The van der Waals surface area contributed by atoms with Crippen molar-refractivity contribution < 1.29 is 8.42 Å². The molecule has 0 unspecified atom stereocenters. The molecule has 0 bridgehead atoms. The minimum atomic E-state index is -3.45. The van der Waals surface area contributed by atoms with Gasteiger partial charge < -0.3 is 5.32 Å². The van der Waals surface area contributed by atoms with Crippen molar-refractivity contribution in [1.29, 1.82) is 0 Å². The lowest BCUT2D eigenvalue weighted by Gasteiger charge is -2.18. The third kappa shape index (κ3) is 2.90. The molecule has 7 heteroatoms. The van der Waals surface area contributed by atoms with Gasteiger partial charge in [-0.25, -0.2) is 8.42 Å². The van der Waals surface area contributed by atoms with Crippen molar-refractivity contribution in [2.45, 2.75) is 39.1 Å². The SMILES string of the molecule is CCNCc1n[nH]c(C)c1S(=O)(=O)N(CC)CC. The van der Waals surface area contributed by atoms with Crippen LogP contribution in [0.3, 0.4) is 0 Å². The number of rotatable bonds is 7. The zero-order valence-electron chi connectivity index (χ0n) is 11.4. The molecule has 6 nitrogen and oxygen atoms in total. The average Bonchev–Trinajstić information content (AvgIpc) is 2.69. The van der Waals surface area contributed by atoms with Crippen molar-refractivity contribution in [2.75, 3.05) is 19.6 Å². The van der Waals surface area contributed by atoms with E-state index in [1.807, 2.05) is 20.8 Å². The second kappa shape index (κ2) is 6.31. The van der Waals surface area contributed by atoms with Crippen LogP contribution in [0.25, 0.3) is 0 Å². The van der Waals surface area contributed by atoms with Gasteiger partial charge in [0.2, 0.25) is 10.0 Å². The van der Waals surface area contributed by atoms with E-state index in [9.17, 15) is 8.42 Å². The molecule has 0 fully saturated rings. The summed E-state index contributed by atoms with van der Waals surface area (Å²) >= 11 is 0. The molecule has 0 spiro atoms. The first-order valence-corrected chi connectivity index (χ1v) is 7.67. The maximum absolute atomic E-state index is 12.5. The molecule has 0 aromatic carbocycles. The third-order valence-electron chi connectivity index (χ3n) is 2.81. The maximum Gasteiger partial charge on any atom is 0.246 e. The Morgan fingerprint density at radius 1 is 1.28 bits per heavy atom. The predicted octanol–water partition coefficient (Wildman–Crippen LogP) is 0.858. The van der Waals surface area contributed by atoms with Crippen LogP contribution in [-0.2, 0) is 16.6 Å². The van der Waals surface area contributed by atoms with E-state index < -0.39 is 10.0 Å². The van der Waals surface area contributed by atoms with E-state index in [-0.39, 0.29) is 0 Å². The molecule has 1 aromatic rings. The number of nitrogens with one attached hydrogen (secondary N) is 2. The van der Waals surface area contributed by atoms with Crippen molar-refractivity contribution in [3.05, 3.63) is 11.4 Å². The molecule has 0 amide bonds. The van der Waals surface area contributed by atoms with Gasteiger partial charge >= 0.3 is 0 Å². The summed E-state index contributed by atoms with van der Waals surface area (Å²) in [5, 5.41) is 9.94. The summed E-state index contributed by atoms with van der Waals surface area (Å²) in [6.45, 7) is 9.53. The third-order valence-corrected chi connectivity index (χ3v) is 5.06. The Hall–Kier alpha value is -0.920. The molecule has 2 N–H and O–H groups in total. The Bertz CT molecular complexity index is 477. The van der Waals surface area contributed by atoms with Crippen LogP contribution in [0.15, 0.2) is 4.90 Å². The van der Waals surface area contributed by atoms with E-state index in [2.05, 4.69) is 15.5 Å². The minimum Gasteiger partial charge on any atom is -0.311 e. The fourth-order valence-electron chi connectivity index (χ4n) is 1.87. The van der Waals surface area contributed by atoms with Crippen LogP contribution in [-0.4, -0.2) is 42.6 Å². The maximum atomic E-state index is 12.5. The molecule has 1 rings (SSSR count). The molecule has 1 heterocycles. The van der Waals surface area contributed by atoms with Gasteiger partial charge in [-0.3, -0.25) is 5.10 Å². The van der Waals surface area contributed by atoms with Gasteiger partial charge in [-0.2, -0.15) is 9.40 Å². The van der Waals surface area contributed by atoms with Gasteiger partial charge in [0.1, 0.15) is 4.90 Å². The second-order valence-corrected chi connectivity index (χ2v) is 5.87. The van der Waals surface area contributed by atoms with Crippen LogP contribution >= 0.6 is 0 Å². The first-order valence-electron chi connectivity index (χ1n) is 6.23. The lowest BCUT2D eigenvalue weighted by molar-refractivity contribution is 0.444. The van der Waals surface area contributed by atoms with Crippen molar-refractivity contribution in [3.63, 3.8) is 0 Å². The summed E-state index contributed by atoms with van der Waals surface area (Å²) in [5.74, 6) is 0. The lowest BCUT2D eigenvalue weighted by Crippen LogP contribution is -2.32. The monoisotopic (exact) mass is 274 g/mol. The fraction of sp³-hybridized carbons (Fsp3) is 0.727. The molecule has 0 radical (unpaired) electrons. The summed E-state index contributed by atoms with van der Waals surface area (Å²) < 4.78 is 26.4. The number of sulfonamides is 1. The van der Waals surface area contributed by atoms with Crippen LogP contribution in [0.1, 0.15) is 32.2 Å². The Balaban J connectivity index is 3.18. The van der Waals surface area contributed by atoms with Crippen LogP contribution in [0.2, 0.25) is 0 Å². The number of aromatic amines is 1. The first kappa shape index (κ1) is 15.1. The standard InChI is InChI=1S/C11H22N4O2S/c1-5-12-8-10-11(9(4)13-14-10)18(16,17)15(6-2)7-3/h12H,5-8H2,1-4H3,(H,13,14). The molecule has 0 aliphatic heterocycles. The number of hydrogen-bond donors (Lipinski definition) is 2. The smallest absolute Gasteiger partial charge is 0.246 e. The minimum absolute atomic E-state index is 0.312. The van der Waals surface area contributed by atoms with Crippen molar-refractivity contribution in [2.24, 2.45) is 0 Å². The van der Waals surface area contributed by atoms with E-state index in [1.54, 1.807) is 6.92 Å². The Labute approximate surface area is 109 Å². The highest BCUT2D eigenvalue weighted by Gasteiger charge is 2.28. The zero-order valence-corrected chi connectivity index (χ0v) is 12.3. The summed E-state index contributed by atoms with van der Waals surface area (Å²) in [6.07, 6.45) is 0. The average molecular weight is 274 g/mol.